The van der Waals surface area contributed by atoms with Gasteiger partial charge in [-0.1, -0.05) is 82.9 Å². The Kier molecular flexibility index (Phi) is 10.6. The lowest BCUT2D eigenvalue weighted by atomic mass is 9.88. The fourth-order valence-corrected chi connectivity index (χ4v) is 16.3. The summed E-state index contributed by atoms with van der Waals surface area (Å²) >= 11 is 15.3. The van der Waals surface area contributed by atoms with Crippen molar-refractivity contribution >= 4 is 49.0 Å². The van der Waals surface area contributed by atoms with Gasteiger partial charge in [-0.05, 0) is 208 Å². The molecule has 0 amide bonds. The minimum Gasteiger partial charge on any atom is -0.268 e. The first-order chi connectivity index (χ1) is 25.5. The number of aryl methyl sites for hydroxylation is 12. The molecule has 6 aromatic carbocycles. The van der Waals surface area contributed by atoms with Crippen molar-refractivity contribution in [3.63, 3.8) is 0 Å². The predicted molar refractivity (Wildman–Crippen MR) is 242 cm³/mol. The molecule has 0 unspecified atom stereocenters. The summed E-state index contributed by atoms with van der Waals surface area (Å²) in [6.07, 6.45) is 0. The van der Waals surface area contributed by atoms with E-state index in [0.717, 1.165) is 11.4 Å². The molecule has 0 aromatic heterocycles. The van der Waals surface area contributed by atoms with Gasteiger partial charge in [0.05, 0.1) is 11.4 Å². The standard InChI is InChI=1S/C48H50Cl2N2P2/c1-27-17-31(5)45(32(6)18-27)39-13-15-43(41(25-39)47-35(9)21-29(3)22-36(47)10)51-53(49)52(54(51)50)44-16-14-40(46-33(7)19-28(2)20-34(46)8)26-42(44)48-37(11)23-30(4)24-38(48)12/h13-26H,1-12H3. The van der Waals surface area contributed by atoms with Crippen molar-refractivity contribution in [2.75, 3.05) is 8.88 Å². The molecule has 2 nitrogen and oxygen atoms in total. The minimum absolute atomic E-state index is 1.08. The van der Waals surface area contributed by atoms with Gasteiger partial charge in [-0.15, -0.1) is 0 Å². The van der Waals surface area contributed by atoms with Crippen LogP contribution in [0.5, 0.6) is 0 Å². The SMILES string of the molecule is Cc1cc(C)c(-c2ccc(N3P(Cl)N(c4ccc(-c5c(C)cc(C)cc5C)cc4-c4c(C)cc(C)cc4C)P3Cl)c(-c3c(C)cc(C)cc3C)c2)c(C)c1. The predicted octanol–water partition coefficient (Wildman–Crippen LogP) is 16.3. The molecule has 0 spiro atoms. The number of benzene rings is 6. The first-order valence-electron chi connectivity index (χ1n) is 18.7. The molecule has 276 valence electrons. The van der Waals surface area contributed by atoms with E-state index in [4.69, 9.17) is 22.5 Å². The number of hydrogen-bond donors (Lipinski definition) is 0. The molecule has 0 aliphatic carbocycles. The van der Waals surface area contributed by atoms with Gasteiger partial charge >= 0.3 is 0 Å². The smallest absolute Gasteiger partial charge is 0.209 e. The van der Waals surface area contributed by atoms with Crippen LogP contribution in [0.4, 0.5) is 11.4 Å². The zero-order valence-electron chi connectivity index (χ0n) is 33.6. The molecule has 0 saturated carbocycles. The van der Waals surface area contributed by atoms with Crippen molar-refractivity contribution in [3.05, 3.63) is 152 Å². The third-order valence-electron chi connectivity index (χ3n) is 10.9. The number of anilines is 2. The van der Waals surface area contributed by atoms with E-state index in [-0.39, 0.29) is 0 Å². The summed E-state index contributed by atoms with van der Waals surface area (Å²) in [5.74, 6) is 0. The van der Waals surface area contributed by atoms with E-state index in [0.29, 0.717) is 0 Å². The fraction of sp³-hybridized carbons (Fsp3) is 0.250. The van der Waals surface area contributed by atoms with Crippen LogP contribution in [0.25, 0.3) is 44.5 Å². The highest BCUT2D eigenvalue weighted by Gasteiger charge is 2.49. The maximum Gasteiger partial charge on any atom is 0.209 e. The summed E-state index contributed by atoms with van der Waals surface area (Å²) in [4.78, 5) is 0. The van der Waals surface area contributed by atoms with Crippen LogP contribution in [-0.4, -0.2) is 0 Å². The van der Waals surface area contributed by atoms with Crippen LogP contribution < -0.4 is 8.88 Å². The Balaban J connectivity index is 1.39. The normalized spacial score (nSPS) is 15.5. The Bertz CT molecular complexity index is 2210. The number of rotatable bonds is 6. The van der Waals surface area contributed by atoms with Gasteiger partial charge in [0.15, 0.2) is 0 Å². The molecule has 0 atom stereocenters. The van der Waals surface area contributed by atoms with Crippen LogP contribution in [0, 0.1) is 83.1 Å². The lowest BCUT2D eigenvalue weighted by Gasteiger charge is -2.52. The van der Waals surface area contributed by atoms with Crippen LogP contribution in [-0.2, 0) is 0 Å². The van der Waals surface area contributed by atoms with Crippen molar-refractivity contribution < 1.29 is 0 Å². The zero-order chi connectivity index (χ0) is 38.9. The molecule has 1 aliphatic heterocycles. The second kappa shape index (κ2) is 14.8. The van der Waals surface area contributed by atoms with Gasteiger partial charge in [0, 0.05) is 11.1 Å². The Morgan fingerprint density at radius 2 is 0.574 bits per heavy atom. The van der Waals surface area contributed by atoms with Crippen molar-refractivity contribution in [1.29, 1.82) is 0 Å². The van der Waals surface area contributed by atoms with Crippen LogP contribution in [0.2, 0.25) is 0 Å². The third kappa shape index (κ3) is 6.79. The van der Waals surface area contributed by atoms with E-state index in [1.807, 2.05) is 0 Å². The summed E-state index contributed by atoms with van der Waals surface area (Å²) in [6, 6.07) is 32.1. The van der Waals surface area contributed by atoms with Crippen molar-refractivity contribution in [1.82, 2.24) is 0 Å². The summed E-state index contributed by atoms with van der Waals surface area (Å²) in [5.41, 5.74) is 27.3. The molecule has 1 saturated heterocycles. The molecule has 6 aromatic rings. The molecule has 0 bridgehead atoms. The minimum atomic E-state index is -1.33. The second-order valence-electron chi connectivity index (χ2n) is 15.6. The highest BCUT2D eigenvalue weighted by molar-refractivity contribution is 8.15. The van der Waals surface area contributed by atoms with Crippen LogP contribution in [0.3, 0.4) is 0 Å². The maximum atomic E-state index is 7.67. The molecule has 1 heterocycles. The van der Waals surface area contributed by atoms with Crippen molar-refractivity contribution in [2.45, 2.75) is 83.1 Å². The lowest BCUT2D eigenvalue weighted by Crippen LogP contribution is -2.33. The van der Waals surface area contributed by atoms with Gasteiger partial charge in [-0.25, -0.2) is 0 Å². The highest BCUT2D eigenvalue weighted by atomic mass is 35.7. The van der Waals surface area contributed by atoms with E-state index >= 15 is 0 Å². The first kappa shape index (κ1) is 38.6. The average molecular weight is 788 g/mol. The molecular weight excluding hydrogens is 737 g/mol. The molecule has 0 N–H and O–H groups in total. The third-order valence-corrected chi connectivity index (χ3v) is 18.1. The molecule has 0 radical (unpaired) electrons. The van der Waals surface area contributed by atoms with E-state index in [1.54, 1.807) is 0 Å². The van der Waals surface area contributed by atoms with E-state index < -0.39 is 15.2 Å². The van der Waals surface area contributed by atoms with Crippen LogP contribution >= 0.6 is 37.6 Å². The van der Waals surface area contributed by atoms with E-state index in [1.165, 1.54) is 111 Å². The quantitative estimate of drug-likeness (QED) is 0.155. The molecule has 54 heavy (non-hydrogen) atoms. The lowest BCUT2D eigenvalue weighted by molar-refractivity contribution is 1.30. The van der Waals surface area contributed by atoms with Gasteiger partial charge in [-0.2, -0.15) is 0 Å². The zero-order valence-corrected chi connectivity index (χ0v) is 36.9. The Hall–Kier alpha value is -3.64. The van der Waals surface area contributed by atoms with Crippen LogP contribution in [0.1, 0.15) is 66.8 Å². The van der Waals surface area contributed by atoms with Crippen molar-refractivity contribution in [2.24, 2.45) is 0 Å². The highest BCUT2D eigenvalue weighted by Crippen LogP contribution is 2.83. The monoisotopic (exact) mass is 786 g/mol. The summed E-state index contributed by atoms with van der Waals surface area (Å²) < 4.78 is 4.59. The fourth-order valence-electron chi connectivity index (χ4n) is 9.22. The Morgan fingerprint density at radius 1 is 0.333 bits per heavy atom. The molecule has 1 fully saturated rings. The Labute approximate surface area is 335 Å². The molecule has 7 rings (SSSR count). The maximum absolute atomic E-state index is 7.67. The van der Waals surface area contributed by atoms with Crippen LogP contribution in [0.15, 0.2) is 84.9 Å². The molecule has 6 heteroatoms. The molecular formula is C48H50Cl2N2P2. The summed E-state index contributed by atoms with van der Waals surface area (Å²) in [6.45, 7) is 26.5. The van der Waals surface area contributed by atoms with Crippen molar-refractivity contribution in [3.8, 4) is 44.5 Å². The Morgan fingerprint density at radius 3 is 0.833 bits per heavy atom. The average Bonchev–Trinajstić information content (AvgIpc) is 3.05. The number of halogens is 2. The van der Waals surface area contributed by atoms with Gasteiger partial charge in [0.2, 0.25) is 15.2 Å². The van der Waals surface area contributed by atoms with E-state index in [9.17, 15) is 0 Å². The largest absolute Gasteiger partial charge is 0.268 e. The van der Waals surface area contributed by atoms with E-state index in [2.05, 4.69) is 177 Å². The summed E-state index contributed by atoms with van der Waals surface area (Å²) in [7, 11) is -2.65. The number of hydrogen-bond acceptors (Lipinski definition) is 2. The van der Waals surface area contributed by atoms with Gasteiger partial charge in [0.25, 0.3) is 0 Å². The molecule has 1 aliphatic rings. The van der Waals surface area contributed by atoms with Gasteiger partial charge < -0.3 is 0 Å². The topological polar surface area (TPSA) is 6.48 Å². The second-order valence-corrected chi connectivity index (χ2v) is 20.6. The van der Waals surface area contributed by atoms with Gasteiger partial charge in [0.1, 0.15) is 0 Å². The van der Waals surface area contributed by atoms with Gasteiger partial charge in [-0.3, -0.25) is 8.88 Å². The summed E-state index contributed by atoms with van der Waals surface area (Å²) in [5, 5.41) is 0. The first-order valence-corrected chi connectivity index (χ1v) is 23.0. The number of nitrogens with zero attached hydrogens (tertiary/aromatic N) is 2.